The zero-order valence-electron chi connectivity index (χ0n) is 19.3. The van der Waals surface area contributed by atoms with Crippen molar-refractivity contribution < 1.29 is 4.79 Å². The summed E-state index contributed by atoms with van der Waals surface area (Å²) in [6, 6.07) is 18.0. The SMILES string of the molecule is CN=C(NCCc1cccc(C(=O)NC)c1)NCc1c(C)nn(Cc2ccccc2)c1C. The van der Waals surface area contributed by atoms with Gasteiger partial charge in [0.15, 0.2) is 5.96 Å². The lowest BCUT2D eigenvalue weighted by Gasteiger charge is -2.13. The monoisotopic (exact) mass is 432 g/mol. The first-order chi connectivity index (χ1) is 15.5. The summed E-state index contributed by atoms with van der Waals surface area (Å²) < 4.78 is 2.05. The van der Waals surface area contributed by atoms with E-state index in [0.717, 1.165) is 35.9 Å². The number of rotatable bonds is 8. The summed E-state index contributed by atoms with van der Waals surface area (Å²) in [5, 5.41) is 14.1. The fourth-order valence-electron chi connectivity index (χ4n) is 3.63. The number of carbonyl (C=O) groups is 1. The lowest BCUT2D eigenvalue weighted by atomic mass is 10.1. The van der Waals surface area contributed by atoms with Gasteiger partial charge in [0.25, 0.3) is 5.91 Å². The molecule has 0 aliphatic rings. The maximum Gasteiger partial charge on any atom is 0.251 e. The van der Waals surface area contributed by atoms with Crippen molar-refractivity contribution in [2.45, 2.75) is 33.4 Å². The Labute approximate surface area is 190 Å². The largest absolute Gasteiger partial charge is 0.356 e. The van der Waals surface area contributed by atoms with E-state index < -0.39 is 0 Å². The third-order valence-corrected chi connectivity index (χ3v) is 5.49. The first-order valence-electron chi connectivity index (χ1n) is 10.8. The van der Waals surface area contributed by atoms with Gasteiger partial charge in [-0.2, -0.15) is 5.10 Å². The number of aryl methyl sites for hydroxylation is 1. The number of benzene rings is 2. The number of hydrogen-bond donors (Lipinski definition) is 3. The predicted molar refractivity (Wildman–Crippen MR) is 129 cm³/mol. The molecule has 3 aromatic rings. The van der Waals surface area contributed by atoms with Crippen LogP contribution in [0.2, 0.25) is 0 Å². The minimum Gasteiger partial charge on any atom is -0.356 e. The van der Waals surface area contributed by atoms with Gasteiger partial charge in [-0.1, -0.05) is 42.5 Å². The van der Waals surface area contributed by atoms with E-state index in [0.29, 0.717) is 18.7 Å². The predicted octanol–water partition coefficient (Wildman–Crippen LogP) is 2.82. The second-order valence-electron chi connectivity index (χ2n) is 7.67. The molecule has 1 amide bonds. The van der Waals surface area contributed by atoms with E-state index in [2.05, 4.69) is 44.7 Å². The molecule has 3 N–H and O–H groups in total. The fourth-order valence-corrected chi connectivity index (χ4v) is 3.63. The van der Waals surface area contributed by atoms with Crippen molar-refractivity contribution in [3.05, 3.63) is 88.2 Å². The lowest BCUT2D eigenvalue weighted by molar-refractivity contribution is 0.0963. The molecular formula is C25H32N6O. The van der Waals surface area contributed by atoms with Crippen LogP contribution in [0.5, 0.6) is 0 Å². The van der Waals surface area contributed by atoms with E-state index in [1.165, 1.54) is 11.1 Å². The molecule has 168 valence electrons. The third-order valence-electron chi connectivity index (χ3n) is 5.49. The highest BCUT2D eigenvalue weighted by atomic mass is 16.1. The molecule has 1 aromatic heterocycles. The minimum absolute atomic E-state index is 0.0733. The van der Waals surface area contributed by atoms with E-state index in [1.807, 2.05) is 49.4 Å². The average Bonchev–Trinajstić information content (AvgIpc) is 3.08. The third kappa shape index (κ3) is 5.97. The molecular weight excluding hydrogens is 400 g/mol. The van der Waals surface area contributed by atoms with E-state index >= 15 is 0 Å². The topological polar surface area (TPSA) is 83.3 Å². The summed E-state index contributed by atoms with van der Waals surface area (Å²) in [5.74, 6) is 0.665. The Morgan fingerprint density at radius 2 is 1.78 bits per heavy atom. The van der Waals surface area contributed by atoms with E-state index in [4.69, 9.17) is 5.10 Å². The lowest BCUT2D eigenvalue weighted by Crippen LogP contribution is -2.38. The van der Waals surface area contributed by atoms with Crippen LogP contribution in [0, 0.1) is 13.8 Å². The molecule has 3 rings (SSSR count). The summed E-state index contributed by atoms with van der Waals surface area (Å²) in [7, 11) is 3.40. The maximum atomic E-state index is 11.8. The Kier molecular flexibility index (Phi) is 8.02. The quantitative estimate of drug-likeness (QED) is 0.378. The van der Waals surface area contributed by atoms with Crippen LogP contribution in [0.3, 0.4) is 0 Å². The smallest absolute Gasteiger partial charge is 0.251 e. The van der Waals surface area contributed by atoms with Gasteiger partial charge >= 0.3 is 0 Å². The van der Waals surface area contributed by atoms with E-state index in [-0.39, 0.29) is 5.91 Å². The van der Waals surface area contributed by atoms with E-state index in [9.17, 15) is 4.79 Å². The van der Waals surface area contributed by atoms with Crippen LogP contribution in [-0.2, 0) is 19.5 Å². The summed E-state index contributed by atoms with van der Waals surface area (Å²) in [4.78, 5) is 16.1. The molecule has 0 unspecified atom stereocenters. The standard InChI is InChI=1S/C25H32N6O/c1-18-23(19(2)31(30-18)17-21-9-6-5-7-10-21)16-29-25(27-4)28-14-13-20-11-8-12-22(15-20)24(32)26-3/h5-12,15H,13-14,16-17H2,1-4H3,(H,26,32)(H2,27,28,29). The molecule has 32 heavy (non-hydrogen) atoms. The highest BCUT2D eigenvalue weighted by Crippen LogP contribution is 2.14. The Morgan fingerprint density at radius 3 is 2.50 bits per heavy atom. The Bertz CT molecular complexity index is 1070. The molecule has 2 aromatic carbocycles. The fraction of sp³-hybridized carbons (Fsp3) is 0.320. The number of carbonyl (C=O) groups excluding carboxylic acids is 1. The van der Waals surface area contributed by atoms with Crippen LogP contribution in [0.4, 0.5) is 0 Å². The van der Waals surface area contributed by atoms with Crippen LogP contribution in [0.25, 0.3) is 0 Å². The summed E-state index contributed by atoms with van der Waals surface area (Å²) >= 11 is 0. The van der Waals surface area contributed by atoms with Gasteiger partial charge in [0, 0.05) is 44.0 Å². The molecule has 0 aliphatic heterocycles. The normalized spacial score (nSPS) is 11.3. The van der Waals surface area contributed by atoms with Gasteiger partial charge in [-0.15, -0.1) is 0 Å². The van der Waals surface area contributed by atoms with Crippen LogP contribution >= 0.6 is 0 Å². The molecule has 0 atom stereocenters. The highest BCUT2D eigenvalue weighted by Gasteiger charge is 2.12. The summed E-state index contributed by atoms with van der Waals surface area (Å²) in [6.07, 6.45) is 0.790. The molecule has 0 saturated carbocycles. The number of aromatic nitrogens is 2. The van der Waals surface area contributed by atoms with Crippen LogP contribution in [-0.4, -0.2) is 42.3 Å². The maximum absolute atomic E-state index is 11.8. The van der Waals surface area contributed by atoms with Crippen molar-refractivity contribution in [1.29, 1.82) is 0 Å². The van der Waals surface area contributed by atoms with Gasteiger partial charge < -0.3 is 16.0 Å². The number of nitrogens with one attached hydrogen (secondary N) is 3. The first-order valence-corrected chi connectivity index (χ1v) is 10.8. The van der Waals surface area contributed by atoms with Crippen molar-refractivity contribution in [2.24, 2.45) is 4.99 Å². The molecule has 7 nitrogen and oxygen atoms in total. The molecule has 0 bridgehead atoms. The molecule has 7 heteroatoms. The van der Waals surface area contributed by atoms with Gasteiger partial charge in [-0.3, -0.25) is 14.5 Å². The second kappa shape index (κ2) is 11.1. The first kappa shape index (κ1) is 23.1. The molecule has 0 spiro atoms. The minimum atomic E-state index is -0.0733. The number of amides is 1. The van der Waals surface area contributed by atoms with Gasteiger partial charge in [0.1, 0.15) is 0 Å². The molecule has 0 saturated heterocycles. The van der Waals surface area contributed by atoms with Gasteiger partial charge in [0.05, 0.1) is 12.2 Å². The van der Waals surface area contributed by atoms with Crippen LogP contribution in [0.1, 0.15) is 38.4 Å². The highest BCUT2D eigenvalue weighted by molar-refractivity contribution is 5.94. The van der Waals surface area contributed by atoms with Gasteiger partial charge in [-0.25, -0.2) is 0 Å². The van der Waals surface area contributed by atoms with Crippen molar-refractivity contribution >= 4 is 11.9 Å². The van der Waals surface area contributed by atoms with Crippen LogP contribution in [0.15, 0.2) is 59.6 Å². The van der Waals surface area contributed by atoms with Crippen molar-refractivity contribution in [3.63, 3.8) is 0 Å². The molecule has 1 heterocycles. The van der Waals surface area contributed by atoms with Gasteiger partial charge in [-0.05, 0) is 43.5 Å². The summed E-state index contributed by atoms with van der Waals surface area (Å²) in [6.45, 7) is 6.27. The number of hydrogen-bond acceptors (Lipinski definition) is 3. The number of nitrogens with zero attached hydrogens (tertiary/aromatic N) is 3. The van der Waals surface area contributed by atoms with Crippen LogP contribution < -0.4 is 16.0 Å². The Hall–Kier alpha value is -3.61. The van der Waals surface area contributed by atoms with Gasteiger partial charge in [0.2, 0.25) is 0 Å². The zero-order valence-corrected chi connectivity index (χ0v) is 19.3. The average molecular weight is 433 g/mol. The number of guanidine groups is 1. The van der Waals surface area contributed by atoms with E-state index in [1.54, 1.807) is 14.1 Å². The molecule has 0 radical (unpaired) electrons. The summed E-state index contributed by atoms with van der Waals surface area (Å²) in [5.41, 5.74) is 6.36. The Balaban J connectivity index is 1.54. The molecule has 0 fully saturated rings. The second-order valence-corrected chi connectivity index (χ2v) is 7.67. The number of aliphatic imine (C=N–C) groups is 1. The zero-order chi connectivity index (χ0) is 22.9. The van der Waals surface area contributed by atoms with Crippen molar-refractivity contribution in [2.75, 3.05) is 20.6 Å². The van der Waals surface area contributed by atoms with Crippen molar-refractivity contribution in [3.8, 4) is 0 Å². The molecule has 0 aliphatic carbocycles. The van der Waals surface area contributed by atoms with Crippen molar-refractivity contribution in [1.82, 2.24) is 25.7 Å². The Morgan fingerprint density at radius 1 is 1.03 bits per heavy atom.